The SMILES string of the molecule is CCc1cccc(CC)c1C(/N=C(\C)NC(C(N)=O)c1c(CC)cccc1CC)C(N)=O.Cl. The summed E-state index contributed by atoms with van der Waals surface area (Å²) >= 11 is 0. The van der Waals surface area contributed by atoms with Gasteiger partial charge < -0.3 is 16.8 Å². The minimum absolute atomic E-state index is 0. The van der Waals surface area contributed by atoms with Crippen molar-refractivity contribution < 1.29 is 9.59 Å². The molecule has 2 unspecified atom stereocenters. The Morgan fingerprint density at radius 1 is 0.788 bits per heavy atom. The second kappa shape index (κ2) is 13.0. The number of nitrogens with one attached hydrogen (secondary N) is 1. The van der Waals surface area contributed by atoms with Crippen LogP contribution in [-0.2, 0) is 35.3 Å². The first-order chi connectivity index (χ1) is 15.3. The summed E-state index contributed by atoms with van der Waals surface area (Å²) in [4.78, 5) is 29.6. The number of rotatable bonds is 10. The van der Waals surface area contributed by atoms with Gasteiger partial charge in [-0.15, -0.1) is 12.4 Å². The second-order valence-electron chi connectivity index (χ2n) is 7.89. The number of halogens is 1. The molecule has 2 aromatic carbocycles. The first kappa shape index (κ1) is 28.2. The summed E-state index contributed by atoms with van der Waals surface area (Å²) in [5, 5.41) is 3.18. The van der Waals surface area contributed by atoms with Crippen LogP contribution in [0.5, 0.6) is 0 Å². The van der Waals surface area contributed by atoms with Gasteiger partial charge in [-0.05, 0) is 66.0 Å². The zero-order valence-electron chi connectivity index (χ0n) is 20.3. The molecule has 0 heterocycles. The summed E-state index contributed by atoms with van der Waals surface area (Å²) in [7, 11) is 0. The van der Waals surface area contributed by atoms with E-state index < -0.39 is 23.9 Å². The molecule has 0 radical (unpaired) electrons. The van der Waals surface area contributed by atoms with Crippen LogP contribution in [0.2, 0.25) is 0 Å². The first-order valence-corrected chi connectivity index (χ1v) is 11.4. The highest BCUT2D eigenvalue weighted by Gasteiger charge is 2.26. The van der Waals surface area contributed by atoms with Crippen molar-refractivity contribution in [2.75, 3.05) is 0 Å². The van der Waals surface area contributed by atoms with Crippen molar-refractivity contribution in [3.05, 3.63) is 69.8 Å². The number of carbonyl (C=O) groups is 2. The standard InChI is InChI=1S/C26H36N4O2.ClH/c1-6-17-12-10-13-18(7-2)21(17)23(25(27)31)29-16(5)30-24(26(28)32)22-19(8-3)14-11-15-20(22)9-4;/h10-15,23-24H,6-9H2,1-5H3,(H2,27,31)(H2,28,32)(H,29,30);1H. The Hall–Kier alpha value is -2.86. The van der Waals surface area contributed by atoms with Gasteiger partial charge in [0.25, 0.3) is 0 Å². The quantitative estimate of drug-likeness (QED) is 0.357. The van der Waals surface area contributed by atoms with E-state index in [-0.39, 0.29) is 12.4 Å². The topological polar surface area (TPSA) is 111 Å². The maximum atomic E-state index is 12.5. The van der Waals surface area contributed by atoms with E-state index in [0.717, 1.165) is 59.1 Å². The lowest BCUT2D eigenvalue weighted by molar-refractivity contribution is -0.120. The van der Waals surface area contributed by atoms with Crippen molar-refractivity contribution in [1.82, 2.24) is 5.32 Å². The van der Waals surface area contributed by atoms with Gasteiger partial charge in [0.2, 0.25) is 11.8 Å². The van der Waals surface area contributed by atoms with Crippen molar-refractivity contribution in [2.24, 2.45) is 16.5 Å². The molecule has 5 N–H and O–H groups in total. The molecule has 0 spiro atoms. The van der Waals surface area contributed by atoms with Crippen LogP contribution in [0.15, 0.2) is 41.4 Å². The molecule has 2 rings (SSSR count). The highest BCUT2D eigenvalue weighted by Crippen LogP contribution is 2.28. The Bertz CT molecular complexity index is 959. The fourth-order valence-corrected chi connectivity index (χ4v) is 4.28. The van der Waals surface area contributed by atoms with E-state index in [2.05, 4.69) is 10.3 Å². The predicted molar refractivity (Wildman–Crippen MR) is 138 cm³/mol. The van der Waals surface area contributed by atoms with Gasteiger partial charge in [-0.25, -0.2) is 0 Å². The normalized spacial score (nSPS) is 13.1. The predicted octanol–water partition coefficient (Wildman–Crippen LogP) is 4.12. The van der Waals surface area contributed by atoms with E-state index in [0.29, 0.717) is 5.84 Å². The summed E-state index contributed by atoms with van der Waals surface area (Å²) < 4.78 is 0. The Labute approximate surface area is 203 Å². The van der Waals surface area contributed by atoms with Crippen LogP contribution in [0, 0.1) is 0 Å². The van der Waals surface area contributed by atoms with Crippen LogP contribution in [0.25, 0.3) is 0 Å². The molecule has 6 nitrogen and oxygen atoms in total. The molecule has 7 heteroatoms. The minimum Gasteiger partial charge on any atom is -0.368 e. The molecule has 0 aliphatic rings. The van der Waals surface area contributed by atoms with Gasteiger partial charge in [0, 0.05) is 0 Å². The summed E-state index contributed by atoms with van der Waals surface area (Å²) in [5.74, 6) is -0.576. The zero-order chi connectivity index (χ0) is 23.8. The van der Waals surface area contributed by atoms with Gasteiger partial charge in [0.05, 0.1) is 5.84 Å². The van der Waals surface area contributed by atoms with E-state index in [4.69, 9.17) is 11.5 Å². The molecule has 0 aliphatic heterocycles. The van der Waals surface area contributed by atoms with Crippen molar-refractivity contribution in [3.63, 3.8) is 0 Å². The lowest BCUT2D eigenvalue weighted by Gasteiger charge is -2.24. The monoisotopic (exact) mass is 472 g/mol. The van der Waals surface area contributed by atoms with Crippen LogP contribution in [0.3, 0.4) is 0 Å². The number of benzene rings is 2. The van der Waals surface area contributed by atoms with Crippen molar-refractivity contribution in [3.8, 4) is 0 Å². The number of primary amides is 2. The third-order valence-corrected chi connectivity index (χ3v) is 5.89. The third kappa shape index (κ3) is 6.57. The molecule has 180 valence electrons. The fraction of sp³-hybridized carbons (Fsp3) is 0.423. The Morgan fingerprint density at radius 3 is 1.52 bits per heavy atom. The Kier molecular flexibility index (Phi) is 11.1. The average Bonchev–Trinajstić information content (AvgIpc) is 2.79. The minimum atomic E-state index is -0.839. The Morgan fingerprint density at radius 2 is 1.18 bits per heavy atom. The number of aryl methyl sites for hydroxylation is 4. The van der Waals surface area contributed by atoms with Crippen molar-refractivity contribution in [1.29, 1.82) is 0 Å². The van der Waals surface area contributed by atoms with Gasteiger partial charge in [-0.3, -0.25) is 14.6 Å². The maximum Gasteiger partial charge on any atom is 0.246 e. The molecule has 2 atom stereocenters. The Balaban J connectivity index is 0.00000544. The highest BCUT2D eigenvalue weighted by molar-refractivity contribution is 5.92. The van der Waals surface area contributed by atoms with Gasteiger partial charge >= 0.3 is 0 Å². The number of hydrogen-bond donors (Lipinski definition) is 3. The molecular formula is C26H37ClN4O2. The second-order valence-corrected chi connectivity index (χ2v) is 7.89. The molecule has 0 bridgehead atoms. The van der Waals surface area contributed by atoms with Gasteiger partial charge in [-0.1, -0.05) is 64.1 Å². The molecular weight excluding hydrogens is 436 g/mol. The first-order valence-electron chi connectivity index (χ1n) is 11.4. The molecule has 2 aromatic rings. The molecule has 0 fully saturated rings. The van der Waals surface area contributed by atoms with Crippen LogP contribution in [-0.4, -0.2) is 17.6 Å². The molecule has 0 aliphatic carbocycles. The summed E-state index contributed by atoms with van der Waals surface area (Å²) in [6, 6.07) is 10.4. The van der Waals surface area contributed by atoms with Crippen molar-refractivity contribution in [2.45, 2.75) is 72.4 Å². The van der Waals surface area contributed by atoms with Gasteiger partial charge in [-0.2, -0.15) is 0 Å². The van der Waals surface area contributed by atoms with E-state index >= 15 is 0 Å². The largest absolute Gasteiger partial charge is 0.368 e. The summed E-state index contributed by atoms with van der Waals surface area (Å²) in [5.41, 5.74) is 17.5. The lowest BCUT2D eigenvalue weighted by atomic mass is 9.91. The maximum absolute atomic E-state index is 12.5. The fourth-order valence-electron chi connectivity index (χ4n) is 4.28. The molecule has 0 saturated heterocycles. The van der Waals surface area contributed by atoms with Crippen LogP contribution in [0.4, 0.5) is 0 Å². The number of aliphatic imine (C=N–C) groups is 1. The van der Waals surface area contributed by atoms with Gasteiger partial charge in [0.1, 0.15) is 6.04 Å². The number of amides is 2. The number of carbonyl (C=O) groups excluding carboxylic acids is 2. The smallest absolute Gasteiger partial charge is 0.246 e. The molecule has 0 aromatic heterocycles. The average molecular weight is 473 g/mol. The molecule has 2 amide bonds. The summed E-state index contributed by atoms with van der Waals surface area (Å²) in [6.45, 7) is 9.93. The van der Waals surface area contributed by atoms with Crippen LogP contribution < -0.4 is 16.8 Å². The number of hydrogen-bond acceptors (Lipinski definition) is 3. The van der Waals surface area contributed by atoms with Crippen LogP contribution in [0.1, 0.15) is 80.1 Å². The number of nitrogens with zero attached hydrogens (tertiary/aromatic N) is 1. The van der Waals surface area contributed by atoms with Crippen LogP contribution >= 0.6 is 12.4 Å². The van der Waals surface area contributed by atoms with Gasteiger partial charge in [0.15, 0.2) is 6.04 Å². The van der Waals surface area contributed by atoms with E-state index in [1.807, 2.05) is 64.1 Å². The lowest BCUT2D eigenvalue weighted by Crippen LogP contribution is -2.38. The highest BCUT2D eigenvalue weighted by atomic mass is 35.5. The number of amidine groups is 1. The summed E-state index contributed by atoms with van der Waals surface area (Å²) in [6.07, 6.45) is 3.09. The molecule has 0 saturated carbocycles. The number of nitrogens with two attached hydrogens (primary N) is 2. The third-order valence-electron chi connectivity index (χ3n) is 5.89. The van der Waals surface area contributed by atoms with E-state index in [1.165, 1.54) is 0 Å². The molecule has 33 heavy (non-hydrogen) atoms. The van der Waals surface area contributed by atoms with E-state index in [9.17, 15) is 9.59 Å². The van der Waals surface area contributed by atoms with Crippen molar-refractivity contribution >= 4 is 30.1 Å². The zero-order valence-corrected chi connectivity index (χ0v) is 21.1. The van der Waals surface area contributed by atoms with E-state index in [1.54, 1.807) is 6.92 Å².